The lowest BCUT2D eigenvalue weighted by Gasteiger charge is -2.14. The van der Waals surface area contributed by atoms with Gasteiger partial charge >= 0.3 is 0 Å². The van der Waals surface area contributed by atoms with E-state index in [0.29, 0.717) is 6.54 Å². The summed E-state index contributed by atoms with van der Waals surface area (Å²) in [5.41, 5.74) is 1.97. The lowest BCUT2D eigenvalue weighted by molar-refractivity contribution is -0.675. The number of hydrogen-bond acceptors (Lipinski definition) is 3. The molecular weight excluding hydrogens is 332 g/mol. The zero-order chi connectivity index (χ0) is 17.5. The Kier molecular flexibility index (Phi) is 5.82. The van der Waals surface area contributed by atoms with Crippen LogP contribution in [0.3, 0.4) is 0 Å². The van der Waals surface area contributed by atoms with Gasteiger partial charge in [-0.15, -0.1) is 11.3 Å². The van der Waals surface area contributed by atoms with Crippen LogP contribution in [0.1, 0.15) is 16.5 Å². The van der Waals surface area contributed by atoms with Gasteiger partial charge in [-0.25, -0.2) is 0 Å². The molecule has 0 unspecified atom stereocenters. The summed E-state index contributed by atoms with van der Waals surface area (Å²) in [4.78, 5) is 13.5. The summed E-state index contributed by atoms with van der Waals surface area (Å²) in [7, 11) is 1.62. The zero-order valence-corrected chi connectivity index (χ0v) is 14.8. The molecule has 0 saturated carbocycles. The van der Waals surface area contributed by atoms with Crippen molar-refractivity contribution >= 4 is 22.9 Å². The standard InChI is InChI=1S/C20H20N2O2S/c1-24-17-11-9-16(10-12-17)22-19(23)14-21-20(18-8-5-13-25-18)15-6-3-2-4-7-15/h2-13,20-21H,14H2,1H3,(H,22,23)/p+1/t20-/m1/s1. The predicted molar refractivity (Wildman–Crippen MR) is 101 cm³/mol. The van der Waals surface area contributed by atoms with Crippen LogP contribution in [0.2, 0.25) is 0 Å². The number of thiophene rings is 1. The topological polar surface area (TPSA) is 54.9 Å². The minimum absolute atomic E-state index is 0.0253. The van der Waals surface area contributed by atoms with Gasteiger partial charge in [-0.1, -0.05) is 36.4 Å². The van der Waals surface area contributed by atoms with Crippen molar-refractivity contribution < 1.29 is 14.8 Å². The van der Waals surface area contributed by atoms with Crippen molar-refractivity contribution in [1.82, 2.24) is 0 Å². The third-order valence-corrected chi connectivity index (χ3v) is 4.88. The summed E-state index contributed by atoms with van der Waals surface area (Å²) in [5, 5.41) is 7.06. The van der Waals surface area contributed by atoms with E-state index in [4.69, 9.17) is 4.74 Å². The largest absolute Gasteiger partial charge is 0.497 e. The number of rotatable bonds is 7. The molecule has 0 fully saturated rings. The average molecular weight is 353 g/mol. The molecule has 1 heterocycles. The fourth-order valence-corrected chi connectivity index (χ4v) is 3.51. The van der Waals surface area contributed by atoms with Crippen molar-refractivity contribution in [2.75, 3.05) is 19.0 Å². The van der Waals surface area contributed by atoms with Crippen LogP contribution in [0, 0.1) is 0 Å². The number of carbonyl (C=O) groups excluding carboxylic acids is 1. The van der Waals surface area contributed by atoms with Crippen LogP contribution in [0.4, 0.5) is 5.69 Å². The third kappa shape index (κ3) is 4.68. The van der Waals surface area contributed by atoms with Crippen LogP contribution >= 0.6 is 11.3 Å². The molecule has 3 aromatic rings. The van der Waals surface area contributed by atoms with Crippen molar-refractivity contribution in [3.05, 3.63) is 82.6 Å². The molecule has 0 aliphatic heterocycles. The van der Waals surface area contributed by atoms with Crippen molar-refractivity contribution in [2.45, 2.75) is 6.04 Å². The fourth-order valence-electron chi connectivity index (χ4n) is 2.66. The molecule has 0 spiro atoms. The highest BCUT2D eigenvalue weighted by Gasteiger charge is 2.19. The molecule has 1 amide bonds. The fraction of sp³-hybridized carbons (Fsp3) is 0.150. The van der Waals surface area contributed by atoms with Gasteiger partial charge in [-0.3, -0.25) is 4.79 Å². The van der Waals surface area contributed by atoms with Crippen LogP contribution in [0.15, 0.2) is 72.1 Å². The Bertz CT molecular complexity index is 786. The Balaban J connectivity index is 1.63. The smallest absolute Gasteiger partial charge is 0.279 e. The normalized spacial score (nSPS) is 11.7. The summed E-state index contributed by atoms with van der Waals surface area (Å²) in [6, 6.07) is 21.9. The number of quaternary nitrogens is 1. The molecule has 0 aliphatic carbocycles. The number of hydrogen-bond donors (Lipinski definition) is 2. The number of nitrogens with two attached hydrogens (primary N) is 1. The predicted octanol–water partition coefficient (Wildman–Crippen LogP) is 3.05. The van der Waals surface area contributed by atoms with Gasteiger partial charge in [0.25, 0.3) is 5.91 Å². The molecule has 0 radical (unpaired) electrons. The molecule has 5 heteroatoms. The maximum Gasteiger partial charge on any atom is 0.279 e. The first-order valence-electron chi connectivity index (χ1n) is 8.12. The number of amides is 1. The van der Waals surface area contributed by atoms with Gasteiger partial charge in [0, 0.05) is 11.3 Å². The maximum absolute atomic E-state index is 12.3. The molecule has 0 saturated heterocycles. The van der Waals surface area contributed by atoms with E-state index in [0.717, 1.165) is 11.4 Å². The number of methoxy groups -OCH3 is 1. The highest BCUT2D eigenvalue weighted by molar-refractivity contribution is 7.10. The van der Waals surface area contributed by atoms with E-state index in [2.05, 4.69) is 34.2 Å². The van der Waals surface area contributed by atoms with Crippen LogP contribution in [0.5, 0.6) is 5.75 Å². The first kappa shape index (κ1) is 17.2. The SMILES string of the molecule is COc1ccc(NC(=O)C[NH2+][C@H](c2ccccc2)c2cccs2)cc1. The van der Waals surface area contributed by atoms with Gasteiger partial charge in [-0.2, -0.15) is 0 Å². The van der Waals surface area contributed by atoms with Crippen molar-refractivity contribution in [2.24, 2.45) is 0 Å². The molecule has 3 N–H and O–H groups in total. The summed E-state index contributed by atoms with van der Waals surface area (Å²) in [6.45, 7) is 0.351. The zero-order valence-electron chi connectivity index (χ0n) is 14.0. The van der Waals surface area contributed by atoms with Gasteiger partial charge in [0.1, 0.15) is 11.8 Å². The van der Waals surface area contributed by atoms with Crippen LogP contribution in [-0.4, -0.2) is 19.6 Å². The Labute approximate surface area is 151 Å². The number of benzene rings is 2. The van der Waals surface area contributed by atoms with Gasteiger partial charge < -0.3 is 15.4 Å². The highest BCUT2D eigenvalue weighted by atomic mass is 32.1. The van der Waals surface area contributed by atoms with Crippen molar-refractivity contribution in [3.8, 4) is 5.75 Å². The van der Waals surface area contributed by atoms with Crippen LogP contribution < -0.4 is 15.4 Å². The van der Waals surface area contributed by atoms with Crippen molar-refractivity contribution in [3.63, 3.8) is 0 Å². The monoisotopic (exact) mass is 353 g/mol. The molecule has 1 aromatic heterocycles. The van der Waals surface area contributed by atoms with E-state index in [1.165, 1.54) is 10.4 Å². The average Bonchev–Trinajstić information content (AvgIpc) is 3.18. The van der Waals surface area contributed by atoms with Crippen molar-refractivity contribution in [1.29, 1.82) is 0 Å². The lowest BCUT2D eigenvalue weighted by atomic mass is 10.1. The molecular formula is C20H21N2O2S+. The Morgan fingerprint density at radius 2 is 1.84 bits per heavy atom. The molecule has 128 valence electrons. The third-order valence-electron chi connectivity index (χ3n) is 3.92. The minimum atomic E-state index is -0.0253. The van der Waals surface area contributed by atoms with E-state index >= 15 is 0 Å². The Morgan fingerprint density at radius 3 is 2.48 bits per heavy atom. The molecule has 0 bridgehead atoms. The van der Waals surface area contributed by atoms with E-state index in [1.807, 2.05) is 48.5 Å². The minimum Gasteiger partial charge on any atom is -0.497 e. The molecule has 3 rings (SSSR count). The van der Waals surface area contributed by atoms with Gasteiger partial charge in [0.05, 0.1) is 12.0 Å². The highest BCUT2D eigenvalue weighted by Crippen LogP contribution is 2.22. The van der Waals surface area contributed by atoms with Gasteiger partial charge in [0.2, 0.25) is 0 Å². The molecule has 2 aromatic carbocycles. The summed E-state index contributed by atoms with van der Waals surface area (Å²) < 4.78 is 5.13. The van der Waals surface area contributed by atoms with E-state index in [-0.39, 0.29) is 11.9 Å². The van der Waals surface area contributed by atoms with E-state index in [9.17, 15) is 4.79 Å². The van der Waals surface area contributed by atoms with Crippen LogP contribution in [0.25, 0.3) is 0 Å². The quantitative estimate of drug-likeness (QED) is 0.686. The van der Waals surface area contributed by atoms with Gasteiger partial charge in [0.15, 0.2) is 6.54 Å². The molecule has 4 nitrogen and oxygen atoms in total. The number of carbonyl (C=O) groups is 1. The molecule has 25 heavy (non-hydrogen) atoms. The maximum atomic E-state index is 12.3. The van der Waals surface area contributed by atoms with Gasteiger partial charge in [-0.05, 0) is 35.7 Å². The summed E-state index contributed by atoms with van der Waals surface area (Å²) in [6.07, 6.45) is 0. The molecule has 1 atom stereocenters. The van der Waals surface area contributed by atoms with E-state index in [1.54, 1.807) is 18.4 Å². The lowest BCUT2D eigenvalue weighted by Crippen LogP contribution is -2.87. The van der Waals surface area contributed by atoms with E-state index < -0.39 is 0 Å². The number of ether oxygens (including phenoxy) is 1. The number of anilines is 1. The first-order valence-corrected chi connectivity index (χ1v) is 9.00. The Hall–Kier alpha value is -2.63. The van der Waals surface area contributed by atoms with Crippen LogP contribution in [-0.2, 0) is 4.79 Å². The summed E-state index contributed by atoms with van der Waals surface area (Å²) in [5.74, 6) is 0.744. The second-order valence-electron chi connectivity index (χ2n) is 5.62. The molecule has 0 aliphatic rings. The first-order chi connectivity index (χ1) is 12.3. The summed E-state index contributed by atoms with van der Waals surface area (Å²) >= 11 is 1.71. The number of nitrogens with one attached hydrogen (secondary N) is 1. The Morgan fingerprint density at radius 1 is 1.08 bits per heavy atom. The second-order valence-corrected chi connectivity index (χ2v) is 6.60. The second kappa shape index (κ2) is 8.46.